The van der Waals surface area contributed by atoms with Crippen molar-refractivity contribution in [3.63, 3.8) is 0 Å². The van der Waals surface area contributed by atoms with E-state index >= 15 is 0 Å². The molecule has 4 amide bonds. The quantitative estimate of drug-likeness (QED) is 0.0178. The molecule has 752 valence electrons. The zero-order chi connectivity index (χ0) is 97.2. The van der Waals surface area contributed by atoms with Crippen molar-refractivity contribution in [1.82, 2.24) is 61.3 Å². The molecule has 20 nitrogen and oxygen atoms in total. The number of benzene rings is 4. The maximum Gasteiger partial charge on any atom is 1.00 e. The van der Waals surface area contributed by atoms with E-state index in [1.165, 1.54) is 170 Å². The van der Waals surface area contributed by atoms with Crippen LogP contribution in [-0.4, -0.2) is 256 Å². The molecule has 0 aromatic heterocycles. The molecule has 10 aliphatic rings. The molecule has 2 atom stereocenters. The van der Waals surface area contributed by atoms with Crippen molar-refractivity contribution < 1.29 is 86.1 Å². The van der Waals surface area contributed by atoms with Crippen LogP contribution in [0.25, 0.3) is 0 Å². The van der Waals surface area contributed by atoms with E-state index in [-0.39, 0.29) is 152 Å². The first-order chi connectivity index (χ1) is 63.0. The molecule has 135 heavy (non-hydrogen) atoms. The van der Waals surface area contributed by atoms with Gasteiger partial charge in [-0.25, -0.2) is 17.6 Å². The Bertz CT molecular complexity index is 4090. The normalized spacial score (nSPS) is 21.3. The molecule has 4 saturated carbocycles. The zero-order valence-electron chi connectivity index (χ0n) is 85.8. The van der Waals surface area contributed by atoms with Crippen LogP contribution in [0, 0.1) is 68.6 Å². The van der Waals surface area contributed by atoms with Crippen LogP contribution in [0.4, 0.5) is 17.6 Å². The van der Waals surface area contributed by atoms with Gasteiger partial charge in [0.1, 0.15) is 23.3 Å². The van der Waals surface area contributed by atoms with Crippen LogP contribution in [0.2, 0.25) is 0 Å². The maximum atomic E-state index is 13.7. The van der Waals surface area contributed by atoms with E-state index in [2.05, 4.69) is 133 Å². The number of piperazine rings is 2. The smallest absolute Gasteiger partial charge is 1.00 e. The number of hydrogen-bond donors (Lipinski definition) is 8. The number of ketones is 2. The second-order valence-corrected chi connectivity index (χ2v) is 44.8. The number of amides is 4. The van der Waals surface area contributed by atoms with E-state index in [9.17, 15) is 51.4 Å². The molecule has 4 aliphatic carbocycles. The Balaban J connectivity index is 0.000000259. The van der Waals surface area contributed by atoms with Gasteiger partial charge in [0.25, 0.3) is 0 Å². The van der Waals surface area contributed by atoms with E-state index in [4.69, 9.17) is 5.11 Å². The van der Waals surface area contributed by atoms with E-state index < -0.39 is 6.10 Å². The Morgan fingerprint density at radius 2 is 0.652 bits per heavy atom. The third-order valence-electron chi connectivity index (χ3n) is 29.6. The third kappa shape index (κ3) is 38.3. The molecule has 6 aliphatic heterocycles. The van der Waals surface area contributed by atoms with Crippen LogP contribution in [0.1, 0.15) is 314 Å². The van der Waals surface area contributed by atoms with Gasteiger partial charge in [0.05, 0.1) is 39.6 Å². The number of piperidine rings is 4. The monoisotopic (exact) mass is 1960 g/mol. The van der Waals surface area contributed by atoms with Crippen molar-refractivity contribution in [2.24, 2.45) is 45.3 Å². The summed E-state index contributed by atoms with van der Waals surface area (Å²) in [6, 6.07) is 24.7. The standard InChI is InChI=1S/C29H47FN4O.C24H37FN2O2.C24H35FN2O2.C16H30N2O.C8H6BrFO.C5H12N2.C2H6O.B.Na/c1-28(2,3)31-27(35)29(24-8-6-5-7-9-24)14-16-33(17-15-29)22-26(23-10-12-25(30)13-11-23)34-20-18-32(4)19-21-34;2*1-23(2,3)26-22(29)24(19-7-5-4-6-8-19)13-15-27(16-14-24)17-21(28)18-9-11-20(25)12-10-18;1-15(2,3)18-14(19)16(9-11-17-12-10-16)13-7-5-4-6-8-13;9-5-8(11)6-1-3-7(10)4-2-6;1-7-4-2-6-3-5-7;1-2-3;;/h10-13,24,26H,5-9,14-22H2,1-4H3,(H,31,35);9-12,19,21,28H,4-8,13-17H2,1-3H3,(H,26,29);9-12,19H,4-8,13-17H2,1-3H3,(H,26,29);13,17H,4-12H2,1-3H3,(H,18,19);1-4H,5H2;6H,2-5H2,1H3;3H,2H2,1H3;;/q;;;;;;;-1;+1. The Kier molecular flexibility index (Phi) is 50.4. The van der Waals surface area contributed by atoms with E-state index in [0.717, 1.165) is 181 Å². The molecule has 27 heteroatoms. The predicted octanol–water partition coefficient (Wildman–Crippen LogP) is 15.1. The second kappa shape index (κ2) is 57.3. The molecule has 6 heterocycles. The number of alkyl halides is 1. The number of Topliss-reactive ketones (excluding diaryl/α,β-unsaturated/α-hetero) is 2. The van der Waals surface area contributed by atoms with Crippen LogP contribution in [0.3, 0.4) is 0 Å². The van der Waals surface area contributed by atoms with Gasteiger partial charge >= 0.3 is 29.6 Å². The number of nitrogens with one attached hydrogen (secondary N) is 6. The van der Waals surface area contributed by atoms with Crippen LogP contribution >= 0.6 is 15.9 Å². The topological polar surface area (TPSA) is 235 Å². The average molecular weight is 1960 g/mol. The number of carbonyl (C=O) groups excluding carboxylic acids is 6. The van der Waals surface area contributed by atoms with Gasteiger partial charge < -0.3 is 70.1 Å². The van der Waals surface area contributed by atoms with Gasteiger partial charge in [-0.15, -0.1) is 0 Å². The Labute approximate surface area is 843 Å². The number of likely N-dealkylation sites (tertiary alicyclic amines) is 3. The second-order valence-electron chi connectivity index (χ2n) is 44.2. The summed E-state index contributed by atoms with van der Waals surface area (Å²) in [5, 5.41) is 38.2. The first kappa shape index (κ1) is 119. The number of β-amino-alcohol motifs (C(OH)–C–C–N with tert-alkyl or cyclic N) is 1. The minimum Gasteiger partial charge on any atom is -1.00 e. The fourth-order valence-electron chi connectivity index (χ4n) is 22.0. The largest absolute Gasteiger partial charge is 1.00 e. The minimum absolute atomic E-state index is 0. The molecular formula is C108H173BBrF4N12NaO8. The summed E-state index contributed by atoms with van der Waals surface area (Å²) in [5.41, 5.74) is 1.28. The van der Waals surface area contributed by atoms with E-state index in [0.29, 0.717) is 53.8 Å². The molecule has 6 saturated heterocycles. The number of nitrogens with zero attached hydrogens (tertiary/aromatic N) is 6. The number of carbonyl (C=O) groups is 6. The van der Waals surface area contributed by atoms with Crippen molar-refractivity contribution in [3.8, 4) is 0 Å². The summed E-state index contributed by atoms with van der Waals surface area (Å²) in [7, 11) is 4.34. The van der Waals surface area contributed by atoms with E-state index in [1.54, 1.807) is 43.3 Å². The number of halogens is 5. The Morgan fingerprint density at radius 1 is 0.385 bits per heavy atom. The van der Waals surface area contributed by atoms with Gasteiger partial charge in [0.15, 0.2) is 11.6 Å². The van der Waals surface area contributed by atoms with Gasteiger partial charge in [-0.05, 0) is 367 Å². The Morgan fingerprint density at radius 3 is 0.948 bits per heavy atom. The van der Waals surface area contributed by atoms with Crippen LogP contribution < -0.4 is 61.5 Å². The average Bonchev–Trinajstić information content (AvgIpc) is 0.767. The van der Waals surface area contributed by atoms with Gasteiger partial charge in [-0.3, -0.25) is 38.6 Å². The molecule has 0 spiro atoms. The van der Waals surface area contributed by atoms with Crippen molar-refractivity contribution in [1.29, 1.82) is 0 Å². The molecule has 4 aromatic rings. The summed E-state index contributed by atoms with van der Waals surface area (Å²) in [6.45, 7) is 44.5. The summed E-state index contributed by atoms with van der Waals surface area (Å²) in [5.74, 6) is 1.87. The summed E-state index contributed by atoms with van der Waals surface area (Å²) >= 11 is 3.03. The van der Waals surface area contributed by atoms with Gasteiger partial charge in [0, 0.05) is 111 Å². The fraction of sp³-hybridized carbons (Fsp3) is 0.722. The third-order valence-corrected chi connectivity index (χ3v) is 30.1. The fourth-order valence-corrected chi connectivity index (χ4v) is 22.3. The van der Waals surface area contributed by atoms with Crippen molar-refractivity contribution >= 4 is 59.5 Å². The van der Waals surface area contributed by atoms with Gasteiger partial charge in [-0.2, -0.15) is 0 Å². The Hall–Kier alpha value is -5.04. The predicted molar refractivity (Wildman–Crippen MR) is 540 cm³/mol. The minimum atomic E-state index is -0.638. The first-order valence-corrected chi connectivity index (χ1v) is 52.1. The van der Waals surface area contributed by atoms with Crippen molar-refractivity contribution in [2.75, 3.05) is 150 Å². The molecule has 10 fully saturated rings. The van der Waals surface area contributed by atoms with Crippen LogP contribution in [0.5, 0.6) is 0 Å². The molecule has 2 unspecified atom stereocenters. The van der Waals surface area contributed by atoms with Gasteiger partial charge in [0.2, 0.25) is 23.6 Å². The summed E-state index contributed by atoms with van der Waals surface area (Å²) < 4.78 is 52.3. The molecule has 8 N–H and O–H groups in total. The van der Waals surface area contributed by atoms with Crippen LogP contribution in [0.15, 0.2) is 97.1 Å². The molecular weight excluding hydrogens is 1780 g/mol. The number of aliphatic hydroxyl groups is 2. The first-order valence-electron chi connectivity index (χ1n) is 51.0. The van der Waals surface area contributed by atoms with Crippen molar-refractivity contribution in [3.05, 3.63) is 143 Å². The van der Waals surface area contributed by atoms with E-state index in [1.807, 2.05) is 53.7 Å². The number of hydrogen-bond acceptors (Lipinski definition) is 16. The molecule has 0 bridgehead atoms. The molecule has 4 aromatic carbocycles. The maximum absolute atomic E-state index is 13.7. The number of rotatable bonds is 20. The SMILES string of the molecule is CC(C)(C)NC(=O)C1(C2CCCCC2)CCN(CC(=O)c2ccc(F)cc2)CC1.CC(C)(C)NC(=O)C1(C2CCCCC2)CCN(CC(O)c2ccc(F)cc2)CC1.CC(C)(C)NC(=O)C1(C2CCCCC2)CCNCC1.CCO.CN1CCN(C(CN2CCC(C(=O)NC(C)(C)C)(C3CCCCC3)CC2)c2ccc(F)cc2)CC1.CN1CCNCC1.O=C(CBr)c1ccc(F)cc1.[B-].[Na+]. The van der Waals surface area contributed by atoms with Crippen molar-refractivity contribution in [2.45, 2.75) is 304 Å². The van der Waals surface area contributed by atoms with Gasteiger partial charge in [-0.1, -0.05) is 117 Å². The number of likely N-dealkylation sites (N-methyl/N-ethyl adjacent to an activating group) is 2. The van der Waals surface area contributed by atoms with Crippen LogP contribution in [-0.2, 0) is 19.2 Å². The summed E-state index contributed by atoms with van der Waals surface area (Å²) in [6.07, 6.45) is 31.2. The number of aliphatic hydroxyl groups excluding tert-OH is 2. The summed E-state index contributed by atoms with van der Waals surface area (Å²) in [4.78, 5) is 91.2. The molecule has 4 radical (unpaired) electrons. The molecule has 14 rings (SSSR count). The zero-order valence-corrected chi connectivity index (χ0v) is 89.4.